The molecule has 112 valence electrons. The number of hydrogen-bond donors (Lipinski definition) is 1. The Morgan fingerprint density at radius 2 is 2.00 bits per heavy atom. The van der Waals surface area contributed by atoms with Crippen LogP contribution in [0.2, 0.25) is 0 Å². The van der Waals surface area contributed by atoms with Gasteiger partial charge in [-0.3, -0.25) is 4.79 Å². The fourth-order valence-electron chi connectivity index (χ4n) is 2.87. The second-order valence-electron chi connectivity index (χ2n) is 5.49. The normalized spacial score (nSPS) is 17.6. The maximum absolute atomic E-state index is 12.3. The number of amides is 1. The second-order valence-corrected chi connectivity index (χ2v) is 7.98. The van der Waals surface area contributed by atoms with E-state index in [1.807, 2.05) is 13.8 Å². The Bertz CT molecular complexity index is 675. The Morgan fingerprint density at radius 1 is 1.24 bits per heavy atom. The zero-order valence-electron chi connectivity index (χ0n) is 12.5. The van der Waals surface area contributed by atoms with Crippen molar-refractivity contribution in [2.24, 2.45) is 0 Å². The summed E-state index contributed by atoms with van der Waals surface area (Å²) in [5.41, 5.74) is 2.03. The number of hydrogen-bond acceptors (Lipinski definition) is 5. The Morgan fingerprint density at radius 3 is 2.71 bits per heavy atom. The van der Waals surface area contributed by atoms with Crippen molar-refractivity contribution in [1.29, 1.82) is 0 Å². The van der Waals surface area contributed by atoms with Gasteiger partial charge < -0.3 is 5.32 Å². The lowest BCUT2D eigenvalue weighted by atomic mass is 9.91. The molecule has 0 saturated heterocycles. The van der Waals surface area contributed by atoms with E-state index in [1.165, 1.54) is 28.3 Å². The van der Waals surface area contributed by atoms with E-state index in [4.69, 9.17) is 0 Å². The predicted octanol–water partition coefficient (Wildman–Crippen LogP) is 3.37. The van der Waals surface area contributed by atoms with E-state index in [0.29, 0.717) is 12.5 Å². The first-order chi connectivity index (χ1) is 10.0. The van der Waals surface area contributed by atoms with Gasteiger partial charge in [-0.15, -0.1) is 22.7 Å². The largest absolute Gasteiger partial charge is 0.351 e. The number of fused-ring (bicyclic) bond motifs is 1. The molecule has 21 heavy (non-hydrogen) atoms. The van der Waals surface area contributed by atoms with Gasteiger partial charge in [0, 0.05) is 17.3 Å². The van der Waals surface area contributed by atoms with Crippen molar-refractivity contribution in [3.63, 3.8) is 0 Å². The maximum atomic E-state index is 12.3. The fraction of sp³-hybridized carbons (Fsp3) is 0.533. The molecule has 1 aliphatic rings. The standard InChI is InChI=1S/C15H19N3OS2/c1-8-14(21-9(2)17-8)15(19)16-7-11-5-4-6-12-13(11)18-10(3)20-12/h11H,4-7H2,1-3H3,(H,16,19)/t11-/m1/s1. The topological polar surface area (TPSA) is 54.9 Å². The average molecular weight is 321 g/mol. The molecule has 0 spiro atoms. The van der Waals surface area contributed by atoms with Gasteiger partial charge in [0.2, 0.25) is 0 Å². The molecule has 0 fully saturated rings. The van der Waals surface area contributed by atoms with Gasteiger partial charge in [-0.1, -0.05) is 0 Å². The molecular formula is C15H19N3OS2. The highest BCUT2D eigenvalue weighted by atomic mass is 32.1. The molecule has 2 heterocycles. The summed E-state index contributed by atoms with van der Waals surface area (Å²) in [6.45, 7) is 6.55. The summed E-state index contributed by atoms with van der Waals surface area (Å²) in [7, 11) is 0. The number of aromatic nitrogens is 2. The molecule has 2 aromatic heterocycles. The molecule has 0 radical (unpaired) electrons. The van der Waals surface area contributed by atoms with E-state index in [1.54, 1.807) is 11.3 Å². The first-order valence-electron chi connectivity index (χ1n) is 7.23. The van der Waals surface area contributed by atoms with Crippen LogP contribution in [-0.4, -0.2) is 22.4 Å². The quantitative estimate of drug-likeness (QED) is 0.943. The van der Waals surface area contributed by atoms with Crippen molar-refractivity contribution >= 4 is 28.6 Å². The summed E-state index contributed by atoms with van der Waals surface area (Å²) >= 11 is 3.26. The van der Waals surface area contributed by atoms with Gasteiger partial charge in [-0.05, 0) is 40.0 Å². The number of rotatable bonds is 3. The molecule has 0 bridgehead atoms. The van der Waals surface area contributed by atoms with Crippen LogP contribution in [0.15, 0.2) is 0 Å². The Balaban J connectivity index is 1.68. The first kappa shape index (κ1) is 14.7. The first-order valence-corrected chi connectivity index (χ1v) is 8.86. The second kappa shape index (κ2) is 5.85. The number of thiazole rings is 2. The molecule has 0 saturated carbocycles. The molecule has 0 aliphatic heterocycles. The summed E-state index contributed by atoms with van der Waals surface area (Å²) in [6, 6.07) is 0. The molecule has 1 aliphatic carbocycles. The Hall–Kier alpha value is -1.27. The highest BCUT2D eigenvalue weighted by Gasteiger charge is 2.25. The molecule has 2 aromatic rings. The summed E-state index contributed by atoms with van der Waals surface area (Å²) in [5.74, 6) is 0.356. The minimum atomic E-state index is -0.00262. The van der Waals surface area contributed by atoms with Crippen LogP contribution in [0.4, 0.5) is 0 Å². The van der Waals surface area contributed by atoms with Crippen LogP contribution in [0.1, 0.15) is 54.7 Å². The molecule has 1 amide bonds. The van der Waals surface area contributed by atoms with Crippen molar-refractivity contribution in [2.75, 3.05) is 6.54 Å². The van der Waals surface area contributed by atoms with Crippen LogP contribution in [0.25, 0.3) is 0 Å². The highest BCUT2D eigenvalue weighted by Crippen LogP contribution is 2.34. The Labute approximate surface area is 132 Å². The van der Waals surface area contributed by atoms with E-state index >= 15 is 0 Å². The maximum Gasteiger partial charge on any atom is 0.263 e. The van der Waals surface area contributed by atoms with Gasteiger partial charge in [0.05, 0.1) is 21.4 Å². The fourth-order valence-corrected chi connectivity index (χ4v) is 4.77. The summed E-state index contributed by atoms with van der Waals surface area (Å²) < 4.78 is 0. The summed E-state index contributed by atoms with van der Waals surface area (Å²) in [6.07, 6.45) is 3.43. The Kier molecular flexibility index (Phi) is 4.08. The van der Waals surface area contributed by atoms with Crippen LogP contribution >= 0.6 is 22.7 Å². The van der Waals surface area contributed by atoms with Gasteiger partial charge in [-0.2, -0.15) is 0 Å². The average Bonchev–Trinajstić information content (AvgIpc) is 2.97. The van der Waals surface area contributed by atoms with E-state index in [-0.39, 0.29) is 5.91 Å². The molecule has 1 N–H and O–H groups in total. The van der Waals surface area contributed by atoms with Crippen LogP contribution < -0.4 is 5.32 Å². The van der Waals surface area contributed by atoms with Crippen molar-refractivity contribution in [1.82, 2.24) is 15.3 Å². The van der Waals surface area contributed by atoms with Gasteiger partial charge in [0.25, 0.3) is 5.91 Å². The minimum Gasteiger partial charge on any atom is -0.351 e. The van der Waals surface area contributed by atoms with Gasteiger partial charge in [0.15, 0.2) is 0 Å². The van der Waals surface area contributed by atoms with E-state index in [0.717, 1.165) is 33.4 Å². The SMILES string of the molecule is Cc1nc2c(s1)CCC[C@@H]2CNC(=O)c1sc(C)nc1C. The zero-order valence-corrected chi connectivity index (χ0v) is 14.2. The lowest BCUT2D eigenvalue weighted by molar-refractivity contribution is 0.0953. The lowest BCUT2D eigenvalue weighted by Crippen LogP contribution is -2.29. The number of nitrogens with one attached hydrogen (secondary N) is 1. The van der Waals surface area contributed by atoms with Crippen LogP contribution in [-0.2, 0) is 6.42 Å². The number of carbonyl (C=O) groups excluding carboxylic acids is 1. The molecule has 6 heteroatoms. The molecule has 4 nitrogen and oxygen atoms in total. The minimum absolute atomic E-state index is 0.00262. The monoisotopic (exact) mass is 321 g/mol. The predicted molar refractivity (Wildman–Crippen MR) is 86.5 cm³/mol. The third kappa shape index (κ3) is 3.01. The van der Waals surface area contributed by atoms with Crippen molar-refractivity contribution in [3.05, 3.63) is 31.2 Å². The van der Waals surface area contributed by atoms with Crippen LogP contribution in [0.3, 0.4) is 0 Å². The number of nitrogens with zero attached hydrogens (tertiary/aromatic N) is 2. The van der Waals surface area contributed by atoms with Crippen molar-refractivity contribution in [2.45, 2.75) is 46.0 Å². The van der Waals surface area contributed by atoms with E-state index < -0.39 is 0 Å². The number of carbonyl (C=O) groups is 1. The zero-order chi connectivity index (χ0) is 15.0. The lowest BCUT2D eigenvalue weighted by Gasteiger charge is -2.21. The molecule has 3 rings (SSSR count). The summed E-state index contributed by atoms with van der Waals surface area (Å²) in [4.78, 5) is 23.4. The molecule has 0 aromatic carbocycles. The van der Waals surface area contributed by atoms with Gasteiger partial charge in [0.1, 0.15) is 4.88 Å². The van der Waals surface area contributed by atoms with E-state index in [9.17, 15) is 4.79 Å². The van der Waals surface area contributed by atoms with Gasteiger partial charge in [-0.25, -0.2) is 9.97 Å². The van der Waals surface area contributed by atoms with Gasteiger partial charge >= 0.3 is 0 Å². The smallest absolute Gasteiger partial charge is 0.263 e. The van der Waals surface area contributed by atoms with Crippen molar-refractivity contribution < 1.29 is 4.79 Å². The van der Waals surface area contributed by atoms with Crippen LogP contribution in [0.5, 0.6) is 0 Å². The summed E-state index contributed by atoms with van der Waals surface area (Å²) in [5, 5.41) is 5.14. The van der Waals surface area contributed by atoms with E-state index in [2.05, 4.69) is 22.2 Å². The number of aryl methyl sites for hydroxylation is 4. The highest BCUT2D eigenvalue weighted by molar-refractivity contribution is 7.13. The molecule has 0 unspecified atom stereocenters. The molecular weight excluding hydrogens is 302 g/mol. The van der Waals surface area contributed by atoms with Crippen molar-refractivity contribution in [3.8, 4) is 0 Å². The van der Waals surface area contributed by atoms with Crippen LogP contribution in [0, 0.1) is 20.8 Å². The third-order valence-electron chi connectivity index (χ3n) is 3.80. The third-order valence-corrected chi connectivity index (χ3v) is 5.91. The molecule has 1 atom stereocenters.